The van der Waals surface area contributed by atoms with Gasteiger partial charge in [-0.3, -0.25) is 0 Å². The molecule has 0 aliphatic heterocycles. The predicted molar refractivity (Wildman–Crippen MR) is 167 cm³/mol. The van der Waals surface area contributed by atoms with Gasteiger partial charge in [-0.1, -0.05) is 54.1 Å². The fraction of sp³-hybridized carbons (Fsp3) is 0. The summed E-state index contributed by atoms with van der Waals surface area (Å²) in [5.41, 5.74) is 3.47. The van der Waals surface area contributed by atoms with Gasteiger partial charge in [-0.05, 0) is 66.7 Å². The van der Waals surface area contributed by atoms with E-state index in [-0.39, 0.29) is 0 Å². The molecule has 176 valence electrons. The largest absolute Gasteiger partial charge is 0.310 e. The molecule has 0 radical (unpaired) electrons. The quantitative estimate of drug-likeness (QED) is 0.212. The van der Waals surface area contributed by atoms with E-state index >= 15 is 0 Å². The first-order valence-corrected chi connectivity index (χ1v) is 14.9. The van der Waals surface area contributed by atoms with Crippen LogP contribution in [0.3, 0.4) is 0 Å². The zero-order valence-corrected chi connectivity index (χ0v) is 22.6. The van der Waals surface area contributed by atoms with E-state index in [0.717, 1.165) is 22.1 Å². The van der Waals surface area contributed by atoms with Crippen molar-refractivity contribution in [2.45, 2.75) is 0 Å². The van der Waals surface area contributed by atoms with E-state index in [4.69, 9.17) is 11.6 Å². The molecule has 5 heteroatoms. The molecular formula is C32H18ClNS3. The zero-order chi connectivity index (χ0) is 24.5. The highest BCUT2D eigenvalue weighted by atomic mass is 35.5. The lowest BCUT2D eigenvalue weighted by molar-refractivity contribution is 1.30. The molecule has 0 saturated carbocycles. The van der Waals surface area contributed by atoms with Crippen LogP contribution < -0.4 is 4.90 Å². The summed E-state index contributed by atoms with van der Waals surface area (Å²) in [4.78, 5) is 2.37. The average molecular weight is 548 g/mol. The van der Waals surface area contributed by atoms with Crippen LogP contribution in [-0.2, 0) is 0 Å². The Hall–Kier alpha value is -3.41. The molecule has 5 aromatic carbocycles. The van der Waals surface area contributed by atoms with Crippen molar-refractivity contribution in [3.8, 4) is 0 Å². The van der Waals surface area contributed by atoms with Gasteiger partial charge in [0.05, 0.1) is 4.01 Å². The molecule has 0 bridgehead atoms. The maximum atomic E-state index is 6.37. The topological polar surface area (TPSA) is 3.24 Å². The first-order chi connectivity index (χ1) is 18.2. The smallest absolute Gasteiger partial charge is 0.0890 e. The van der Waals surface area contributed by atoms with Crippen LogP contribution in [0.5, 0.6) is 0 Å². The number of halogens is 1. The molecule has 0 saturated heterocycles. The van der Waals surface area contributed by atoms with Crippen LogP contribution in [0.25, 0.3) is 49.7 Å². The van der Waals surface area contributed by atoms with E-state index in [1.54, 1.807) is 0 Å². The Labute approximate surface area is 230 Å². The Morgan fingerprint density at radius 3 is 2.08 bits per heavy atom. The summed E-state index contributed by atoms with van der Waals surface area (Å²) < 4.78 is 6.58. The molecule has 3 aromatic heterocycles. The fourth-order valence-corrected chi connectivity index (χ4v) is 9.17. The average Bonchev–Trinajstić information content (AvgIpc) is 3.58. The number of benzene rings is 5. The summed E-state index contributed by atoms with van der Waals surface area (Å²) >= 11 is 11.9. The van der Waals surface area contributed by atoms with Gasteiger partial charge in [0.15, 0.2) is 0 Å². The molecule has 0 spiro atoms. The van der Waals surface area contributed by atoms with Gasteiger partial charge in [-0.15, -0.1) is 34.0 Å². The van der Waals surface area contributed by atoms with Gasteiger partial charge in [0.25, 0.3) is 0 Å². The molecule has 0 aliphatic carbocycles. The second-order valence-electron chi connectivity index (χ2n) is 9.14. The minimum absolute atomic E-state index is 0.787. The van der Waals surface area contributed by atoms with Crippen LogP contribution in [0.1, 0.15) is 0 Å². The minimum Gasteiger partial charge on any atom is -0.310 e. The second-order valence-corrected chi connectivity index (χ2v) is 13.0. The SMILES string of the molecule is Clc1ccc2sc3sc4cc(N(c5ccccc5)c5ccc6sc7ccccc7c6c5)ccc4c3c2c1. The van der Waals surface area contributed by atoms with E-state index < -0.39 is 0 Å². The Morgan fingerprint density at radius 2 is 1.16 bits per heavy atom. The van der Waals surface area contributed by atoms with Crippen LogP contribution >= 0.6 is 45.6 Å². The van der Waals surface area contributed by atoms with Crippen molar-refractivity contribution in [3.05, 3.63) is 114 Å². The van der Waals surface area contributed by atoms with E-state index in [0.29, 0.717) is 0 Å². The molecule has 0 N–H and O–H groups in total. The Morgan fingerprint density at radius 1 is 0.459 bits per heavy atom. The maximum Gasteiger partial charge on any atom is 0.0890 e. The third-order valence-corrected chi connectivity index (χ3v) is 10.7. The number of nitrogens with zero attached hydrogens (tertiary/aromatic N) is 1. The van der Waals surface area contributed by atoms with Crippen molar-refractivity contribution >= 4 is 112 Å². The molecule has 0 unspecified atom stereocenters. The van der Waals surface area contributed by atoms with Gasteiger partial charge < -0.3 is 4.90 Å². The first kappa shape index (κ1) is 21.7. The predicted octanol–water partition coefficient (Wildman–Crippen LogP) is 11.8. The lowest BCUT2D eigenvalue weighted by Crippen LogP contribution is -2.09. The molecule has 0 aliphatic rings. The summed E-state index contributed by atoms with van der Waals surface area (Å²) in [5.74, 6) is 0. The third kappa shape index (κ3) is 3.41. The highest BCUT2D eigenvalue weighted by Crippen LogP contribution is 2.47. The van der Waals surface area contributed by atoms with Crippen molar-refractivity contribution in [2.75, 3.05) is 4.90 Å². The Kier molecular flexibility index (Phi) is 4.86. The van der Waals surface area contributed by atoms with Crippen molar-refractivity contribution in [1.29, 1.82) is 0 Å². The van der Waals surface area contributed by atoms with Crippen LogP contribution in [-0.4, -0.2) is 0 Å². The third-order valence-electron chi connectivity index (χ3n) is 6.95. The van der Waals surface area contributed by atoms with Crippen LogP contribution in [0.15, 0.2) is 109 Å². The van der Waals surface area contributed by atoms with E-state index in [2.05, 4.69) is 108 Å². The number of rotatable bonds is 3. The molecular weight excluding hydrogens is 530 g/mol. The molecule has 8 aromatic rings. The molecule has 8 rings (SSSR count). The molecule has 0 atom stereocenters. The van der Waals surface area contributed by atoms with Crippen molar-refractivity contribution in [3.63, 3.8) is 0 Å². The summed E-state index contributed by atoms with van der Waals surface area (Å²) in [6.45, 7) is 0. The molecule has 3 heterocycles. The van der Waals surface area contributed by atoms with Gasteiger partial charge in [0.1, 0.15) is 0 Å². The highest BCUT2D eigenvalue weighted by Gasteiger charge is 2.18. The molecule has 37 heavy (non-hydrogen) atoms. The standard InChI is InChI=1S/C32H18ClNS3/c33-19-10-14-29-26(16-19)31-24-13-11-22(18-30(24)37-32(31)36-29)34(20-6-2-1-3-7-20)21-12-15-28-25(17-21)23-8-4-5-9-27(23)35-28/h1-18H. The summed E-state index contributed by atoms with van der Waals surface area (Å²) in [6, 6.07) is 39.3. The number of fused-ring (bicyclic) bond motifs is 8. The van der Waals surface area contributed by atoms with Gasteiger partial charge >= 0.3 is 0 Å². The molecule has 1 nitrogen and oxygen atoms in total. The number of para-hydroxylation sites is 1. The number of hydrogen-bond acceptors (Lipinski definition) is 4. The normalized spacial score (nSPS) is 11.9. The van der Waals surface area contributed by atoms with Gasteiger partial charge in [0, 0.05) is 67.8 Å². The van der Waals surface area contributed by atoms with Crippen molar-refractivity contribution < 1.29 is 0 Å². The zero-order valence-electron chi connectivity index (χ0n) is 19.4. The van der Waals surface area contributed by atoms with E-state index in [1.165, 1.54) is 49.7 Å². The monoisotopic (exact) mass is 547 g/mol. The number of anilines is 3. The first-order valence-electron chi connectivity index (χ1n) is 12.0. The Balaban J connectivity index is 1.35. The lowest BCUT2D eigenvalue weighted by atomic mass is 10.1. The van der Waals surface area contributed by atoms with E-state index in [9.17, 15) is 0 Å². The second kappa shape index (κ2) is 8.30. The lowest BCUT2D eigenvalue weighted by Gasteiger charge is -2.25. The van der Waals surface area contributed by atoms with Gasteiger partial charge in [-0.2, -0.15) is 0 Å². The van der Waals surface area contributed by atoms with Crippen molar-refractivity contribution in [2.24, 2.45) is 0 Å². The van der Waals surface area contributed by atoms with Crippen LogP contribution in [0.4, 0.5) is 17.1 Å². The summed E-state index contributed by atoms with van der Waals surface area (Å²) in [6.07, 6.45) is 0. The molecule has 0 fully saturated rings. The maximum absolute atomic E-state index is 6.37. The number of thiophene rings is 3. The van der Waals surface area contributed by atoms with Gasteiger partial charge in [-0.25, -0.2) is 0 Å². The fourth-order valence-electron chi connectivity index (χ4n) is 5.29. The van der Waals surface area contributed by atoms with Gasteiger partial charge in [0.2, 0.25) is 0 Å². The summed E-state index contributed by atoms with van der Waals surface area (Å²) in [7, 11) is 0. The minimum atomic E-state index is 0.787. The summed E-state index contributed by atoms with van der Waals surface area (Å²) in [5, 5.41) is 7.28. The Bertz CT molecular complexity index is 2120. The number of hydrogen-bond donors (Lipinski definition) is 0. The highest BCUT2D eigenvalue weighted by molar-refractivity contribution is 7.44. The van der Waals surface area contributed by atoms with Crippen molar-refractivity contribution in [1.82, 2.24) is 0 Å². The van der Waals surface area contributed by atoms with Crippen LogP contribution in [0, 0.1) is 0 Å². The van der Waals surface area contributed by atoms with E-state index in [1.807, 2.05) is 40.1 Å². The molecule has 0 amide bonds. The van der Waals surface area contributed by atoms with Crippen LogP contribution in [0.2, 0.25) is 5.02 Å².